The average molecular weight is 291 g/mol. The van der Waals surface area contributed by atoms with Gasteiger partial charge in [0.25, 0.3) is 0 Å². The normalized spacial score (nSPS) is 12.1. The smallest absolute Gasteiger partial charge is 0.339 e. The van der Waals surface area contributed by atoms with Gasteiger partial charge in [0.05, 0.1) is 5.56 Å². The van der Waals surface area contributed by atoms with E-state index >= 15 is 0 Å². The van der Waals surface area contributed by atoms with Gasteiger partial charge in [0.1, 0.15) is 6.07 Å². The van der Waals surface area contributed by atoms with Crippen molar-refractivity contribution in [3.05, 3.63) is 70.3 Å². The van der Waals surface area contributed by atoms with Crippen LogP contribution in [0, 0.1) is 11.3 Å². The summed E-state index contributed by atoms with van der Waals surface area (Å²) in [6.07, 6.45) is 0. The number of fused-ring (bicyclic) bond motifs is 2. The molecule has 0 saturated heterocycles. The highest BCUT2D eigenvalue weighted by Gasteiger charge is 2.33. The summed E-state index contributed by atoms with van der Waals surface area (Å²) in [5.41, 5.74) is 0.799. The van der Waals surface area contributed by atoms with Crippen LogP contribution in [0.5, 0.6) is 0 Å². The van der Waals surface area contributed by atoms with Crippen molar-refractivity contribution in [1.82, 2.24) is 0 Å². The first-order valence-electron chi connectivity index (χ1n) is 6.50. The second-order valence-electron chi connectivity index (χ2n) is 4.67. The number of rotatable bonds is 2. The van der Waals surface area contributed by atoms with Crippen LogP contribution >= 0.6 is 0 Å². The Morgan fingerprint density at radius 2 is 1.59 bits per heavy atom. The molecule has 0 radical (unpaired) electrons. The fraction of sp³-hybridized carbons (Fsp3) is 0.0588. The molecule has 1 aliphatic carbocycles. The Bertz CT molecular complexity index is 861. The molecule has 0 heterocycles. The highest BCUT2D eigenvalue weighted by atomic mass is 16.5. The van der Waals surface area contributed by atoms with Crippen LogP contribution in [0.2, 0.25) is 0 Å². The number of hydrogen-bond acceptors (Lipinski definition) is 5. The zero-order valence-electron chi connectivity index (χ0n) is 11.3. The molecule has 0 spiro atoms. The standard InChI is InChI=1S/C17H9NO4/c18-8-9-22-17(21)13-7-3-6-12-14(13)16(20)11-5-2-1-4-10(11)15(12)19/h1-7H,9H2. The van der Waals surface area contributed by atoms with E-state index in [9.17, 15) is 14.4 Å². The Kier molecular flexibility index (Phi) is 3.28. The van der Waals surface area contributed by atoms with Crippen molar-refractivity contribution in [2.75, 3.05) is 6.61 Å². The summed E-state index contributed by atoms with van der Waals surface area (Å²) in [4.78, 5) is 37.1. The number of ketones is 2. The minimum absolute atomic E-state index is 0.000558. The van der Waals surface area contributed by atoms with Crippen molar-refractivity contribution in [1.29, 1.82) is 5.26 Å². The molecule has 0 aliphatic heterocycles. The summed E-state index contributed by atoms with van der Waals surface area (Å²) in [5, 5.41) is 8.48. The number of carbonyl (C=O) groups excluding carboxylic acids is 3. The SMILES string of the molecule is N#CCOC(=O)c1cccc2c1C(=O)c1ccccc1C2=O. The Morgan fingerprint density at radius 1 is 0.955 bits per heavy atom. The molecule has 0 unspecified atom stereocenters. The predicted molar refractivity (Wildman–Crippen MR) is 75.6 cm³/mol. The number of hydrogen-bond donors (Lipinski definition) is 0. The molecular weight excluding hydrogens is 282 g/mol. The van der Waals surface area contributed by atoms with E-state index in [0.29, 0.717) is 5.56 Å². The van der Waals surface area contributed by atoms with Gasteiger partial charge in [-0.1, -0.05) is 36.4 Å². The molecule has 0 bridgehead atoms. The van der Waals surface area contributed by atoms with Crippen molar-refractivity contribution in [3.63, 3.8) is 0 Å². The molecule has 0 saturated carbocycles. The van der Waals surface area contributed by atoms with Crippen LogP contribution in [0.4, 0.5) is 0 Å². The monoisotopic (exact) mass is 291 g/mol. The maximum atomic E-state index is 12.6. The highest BCUT2D eigenvalue weighted by molar-refractivity contribution is 6.30. The second-order valence-corrected chi connectivity index (χ2v) is 4.67. The molecular formula is C17H9NO4. The van der Waals surface area contributed by atoms with E-state index in [1.807, 2.05) is 0 Å². The highest BCUT2D eigenvalue weighted by Crippen LogP contribution is 2.29. The number of carbonyl (C=O) groups is 3. The van der Waals surface area contributed by atoms with Gasteiger partial charge >= 0.3 is 5.97 Å². The molecule has 3 rings (SSSR count). The molecule has 22 heavy (non-hydrogen) atoms. The first-order chi connectivity index (χ1) is 10.6. The van der Waals surface area contributed by atoms with E-state index in [2.05, 4.69) is 0 Å². The summed E-state index contributed by atoms with van der Waals surface area (Å²) >= 11 is 0. The Balaban J connectivity index is 2.17. The molecule has 106 valence electrons. The van der Waals surface area contributed by atoms with E-state index in [1.165, 1.54) is 18.2 Å². The van der Waals surface area contributed by atoms with Crippen molar-refractivity contribution < 1.29 is 19.1 Å². The lowest BCUT2D eigenvalue weighted by Gasteiger charge is -2.19. The lowest BCUT2D eigenvalue weighted by atomic mass is 9.82. The summed E-state index contributed by atoms with van der Waals surface area (Å²) in [5.74, 6) is -1.49. The lowest BCUT2D eigenvalue weighted by Crippen LogP contribution is -2.24. The van der Waals surface area contributed by atoms with Crippen LogP contribution < -0.4 is 0 Å². The van der Waals surface area contributed by atoms with Gasteiger partial charge in [-0.15, -0.1) is 0 Å². The molecule has 1 aliphatic rings. The van der Waals surface area contributed by atoms with E-state index in [1.54, 1.807) is 30.3 Å². The number of benzene rings is 2. The maximum Gasteiger partial charge on any atom is 0.339 e. The molecule has 0 N–H and O–H groups in total. The first kappa shape index (κ1) is 13.7. The van der Waals surface area contributed by atoms with Gasteiger partial charge in [-0.2, -0.15) is 5.26 Å². The average Bonchev–Trinajstić information content (AvgIpc) is 2.57. The lowest BCUT2D eigenvalue weighted by molar-refractivity contribution is 0.0552. The zero-order valence-corrected chi connectivity index (χ0v) is 11.3. The Hall–Kier alpha value is -3.26. The van der Waals surface area contributed by atoms with Crippen molar-refractivity contribution in [2.45, 2.75) is 0 Å². The third-order valence-corrected chi connectivity index (χ3v) is 3.44. The van der Waals surface area contributed by atoms with Gasteiger partial charge in [-0.3, -0.25) is 9.59 Å². The number of nitrogens with zero attached hydrogens (tertiary/aromatic N) is 1. The van der Waals surface area contributed by atoms with Gasteiger partial charge in [0, 0.05) is 22.3 Å². The fourth-order valence-corrected chi connectivity index (χ4v) is 2.49. The number of esters is 1. The number of ether oxygens (including phenoxy) is 1. The summed E-state index contributed by atoms with van der Waals surface area (Å²) in [6.45, 7) is -0.415. The minimum Gasteiger partial charge on any atom is -0.447 e. The van der Waals surface area contributed by atoms with Gasteiger partial charge in [-0.25, -0.2) is 4.79 Å². The van der Waals surface area contributed by atoms with Crippen LogP contribution in [-0.4, -0.2) is 24.1 Å². The third-order valence-electron chi connectivity index (χ3n) is 3.44. The molecule has 0 amide bonds. The van der Waals surface area contributed by atoms with Crippen LogP contribution in [0.15, 0.2) is 42.5 Å². The molecule has 2 aromatic rings. The Morgan fingerprint density at radius 3 is 2.27 bits per heavy atom. The van der Waals surface area contributed by atoms with Crippen LogP contribution in [0.25, 0.3) is 0 Å². The predicted octanol–water partition coefficient (Wildman–Crippen LogP) is 2.14. The van der Waals surface area contributed by atoms with Gasteiger partial charge < -0.3 is 4.74 Å². The van der Waals surface area contributed by atoms with E-state index in [-0.39, 0.29) is 28.0 Å². The molecule has 0 atom stereocenters. The number of nitriles is 1. The molecule has 2 aromatic carbocycles. The molecule has 5 heteroatoms. The largest absolute Gasteiger partial charge is 0.447 e. The van der Waals surface area contributed by atoms with Crippen molar-refractivity contribution in [2.24, 2.45) is 0 Å². The molecule has 0 aromatic heterocycles. The second kappa shape index (κ2) is 5.26. The topological polar surface area (TPSA) is 84.2 Å². The quantitative estimate of drug-likeness (QED) is 0.675. The van der Waals surface area contributed by atoms with Gasteiger partial charge in [-0.05, 0) is 6.07 Å². The first-order valence-corrected chi connectivity index (χ1v) is 6.50. The van der Waals surface area contributed by atoms with E-state index in [4.69, 9.17) is 10.00 Å². The van der Waals surface area contributed by atoms with Gasteiger partial charge in [0.15, 0.2) is 18.2 Å². The van der Waals surface area contributed by atoms with Crippen LogP contribution in [0.1, 0.15) is 42.2 Å². The van der Waals surface area contributed by atoms with Gasteiger partial charge in [0.2, 0.25) is 0 Å². The summed E-state index contributed by atoms with van der Waals surface area (Å²) in [7, 11) is 0. The minimum atomic E-state index is -0.793. The van der Waals surface area contributed by atoms with Crippen molar-refractivity contribution in [3.8, 4) is 6.07 Å². The summed E-state index contributed by atoms with van der Waals surface area (Å²) < 4.78 is 4.75. The molecule has 5 nitrogen and oxygen atoms in total. The van der Waals surface area contributed by atoms with E-state index < -0.39 is 18.4 Å². The van der Waals surface area contributed by atoms with E-state index in [0.717, 1.165) is 0 Å². The third kappa shape index (κ3) is 1.98. The Labute approximate surface area is 125 Å². The fourth-order valence-electron chi connectivity index (χ4n) is 2.49. The van der Waals surface area contributed by atoms with Crippen LogP contribution in [0.3, 0.4) is 0 Å². The molecule has 0 fully saturated rings. The summed E-state index contributed by atoms with van der Waals surface area (Å²) in [6, 6.07) is 12.6. The maximum absolute atomic E-state index is 12.6. The zero-order chi connectivity index (χ0) is 15.7. The van der Waals surface area contributed by atoms with Crippen molar-refractivity contribution >= 4 is 17.5 Å². The van der Waals surface area contributed by atoms with Crippen LogP contribution in [-0.2, 0) is 4.74 Å².